The summed E-state index contributed by atoms with van der Waals surface area (Å²) in [5.74, 6) is -0.977. The molecular weight excluding hydrogens is 270 g/mol. The Bertz CT molecular complexity index is 506. The summed E-state index contributed by atoms with van der Waals surface area (Å²) in [5, 5.41) is 12.2. The highest BCUT2D eigenvalue weighted by molar-refractivity contribution is 5.83. The van der Waals surface area contributed by atoms with Gasteiger partial charge in [0.1, 0.15) is 6.04 Å². The Morgan fingerprint density at radius 1 is 1.48 bits per heavy atom. The van der Waals surface area contributed by atoms with Gasteiger partial charge >= 0.3 is 12.0 Å². The molecule has 0 spiro atoms. The smallest absolute Gasteiger partial charge is 0.326 e. The van der Waals surface area contributed by atoms with Crippen LogP contribution >= 0.6 is 0 Å². The number of carboxylic acid groups (broad SMARTS) is 1. The van der Waals surface area contributed by atoms with Gasteiger partial charge in [-0.3, -0.25) is 4.98 Å². The maximum absolute atomic E-state index is 12.4. The predicted octanol–water partition coefficient (Wildman–Crippen LogP) is 2.04. The molecule has 21 heavy (non-hydrogen) atoms. The molecule has 2 heterocycles. The van der Waals surface area contributed by atoms with Gasteiger partial charge in [-0.25, -0.2) is 9.59 Å². The van der Waals surface area contributed by atoms with Gasteiger partial charge in [-0.15, -0.1) is 0 Å². The molecule has 1 aliphatic heterocycles. The molecule has 0 bridgehead atoms. The first kappa shape index (κ1) is 15.3. The van der Waals surface area contributed by atoms with Gasteiger partial charge in [0.25, 0.3) is 0 Å². The standard InChI is InChI=1S/C15H21N3O3/c1-10-6-5-9-18(13(10)14(19)20)15(21)17-11(2)12-7-3-4-8-16-12/h3-4,7-8,10-11,13H,5-6,9H2,1-2H3,(H,17,21)(H,19,20). The normalized spacial score (nSPS) is 23.4. The number of carbonyl (C=O) groups is 2. The number of rotatable bonds is 3. The molecule has 6 nitrogen and oxygen atoms in total. The van der Waals surface area contributed by atoms with Crippen molar-refractivity contribution < 1.29 is 14.7 Å². The molecule has 0 radical (unpaired) electrons. The third kappa shape index (κ3) is 3.51. The summed E-state index contributed by atoms with van der Waals surface area (Å²) in [6, 6.07) is 4.14. The molecule has 1 saturated heterocycles. The van der Waals surface area contributed by atoms with Crippen LogP contribution in [0.15, 0.2) is 24.4 Å². The summed E-state index contributed by atoms with van der Waals surface area (Å²) in [4.78, 5) is 29.4. The van der Waals surface area contributed by atoms with Crippen molar-refractivity contribution in [3.05, 3.63) is 30.1 Å². The van der Waals surface area contributed by atoms with Crippen LogP contribution in [0.5, 0.6) is 0 Å². The van der Waals surface area contributed by atoms with Crippen molar-refractivity contribution in [2.45, 2.75) is 38.8 Å². The second kappa shape index (κ2) is 6.56. The van der Waals surface area contributed by atoms with Gasteiger partial charge in [-0.1, -0.05) is 13.0 Å². The Hall–Kier alpha value is -2.11. The molecule has 0 saturated carbocycles. The Labute approximate surface area is 124 Å². The quantitative estimate of drug-likeness (QED) is 0.892. The van der Waals surface area contributed by atoms with E-state index < -0.39 is 12.0 Å². The van der Waals surface area contributed by atoms with Gasteiger partial charge in [0, 0.05) is 12.7 Å². The molecule has 2 rings (SSSR count). The number of hydrogen-bond donors (Lipinski definition) is 2. The van der Waals surface area contributed by atoms with E-state index >= 15 is 0 Å². The minimum atomic E-state index is -0.942. The van der Waals surface area contributed by atoms with E-state index in [1.807, 2.05) is 32.0 Å². The average Bonchev–Trinajstić information content (AvgIpc) is 2.47. The lowest BCUT2D eigenvalue weighted by Gasteiger charge is -2.37. The van der Waals surface area contributed by atoms with Gasteiger partial charge in [-0.2, -0.15) is 0 Å². The number of pyridine rings is 1. The minimum Gasteiger partial charge on any atom is -0.480 e. The fraction of sp³-hybridized carbons (Fsp3) is 0.533. The largest absolute Gasteiger partial charge is 0.480 e. The van der Waals surface area contributed by atoms with E-state index in [0.717, 1.165) is 18.5 Å². The van der Waals surface area contributed by atoms with Crippen molar-refractivity contribution in [2.24, 2.45) is 5.92 Å². The molecule has 114 valence electrons. The monoisotopic (exact) mass is 291 g/mol. The van der Waals surface area contributed by atoms with E-state index in [1.165, 1.54) is 4.90 Å². The molecule has 2 N–H and O–H groups in total. The summed E-state index contributed by atoms with van der Waals surface area (Å²) < 4.78 is 0. The summed E-state index contributed by atoms with van der Waals surface area (Å²) >= 11 is 0. The fourth-order valence-corrected chi connectivity index (χ4v) is 2.77. The second-order valence-electron chi connectivity index (χ2n) is 5.52. The third-order valence-corrected chi connectivity index (χ3v) is 3.92. The number of nitrogens with one attached hydrogen (secondary N) is 1. The summed E-state index contributed by atoms with van der Waals surface area (Å²) in [6.07, 6.45) is 3.33. The number of carboxylic acids is 1. The van der Waals surface area contributed by atoms with Gasteiger partial charge < -0.3 is 15.3 Å². The van der Waals surface area contributed by atoms with E-state index in [1.54, 1.807) is 6.20 Å². The lowest BCUT2D eigenvalue weighted by atomic mass is 9.91. The van der Waals surface area contributed by atoms with Gasteiger partial charge in [0.05, 0.1) is 11.7 Å². The number of piperidine rings is 1. The number of carbonyl (C=O) groups excluding carboxylic acids is 1. The van der Waals surface area contributed by atoms with E-state index in [0.29, 0.717) is 6.54 Å². The number of amides is 2. The highest BCUT2D eigenvalue weighted by atomic mass is 16.4. The molecule has 1 aromatic rings. The van der Waals surface area contributed by atoms with E-state index in [-0.39, 0.29) is 18.0 Å². The van der Waals surface area contributed by atoms with Crippen molar-refractivity contribution >= 4 is 12.0 Å². The predicted molar refractivity (Wildman–Crippen MR) is 77.7 cm³/mol. The topological polar surface area (TPSA) is 82.5 Å². The molecule has 0 aliphatic carbocycles. The minimum absolute atomic E-state index is 0.0350. The maximum atomic E-state index is 12.4. The molecule has 1 aromatic heterocycles. The zero-order valence-electron chi connectivity index (χ0n) is 12.3. The van der Waals surface area contributed by atoms with Gasteiger partial charge in [-0.05, 0) is 37.8 Å². The molecule has 3 unspecified atom stereocenters. The third-order valence-electron chi connectivity index (χ3n) is 3.92. The Kier molecular flexibility index (Phi) is 4.77. The van der Waals surface area contributed by atoms with Gasteiger partial charge in [0.2, 0.25) is 0 Å². The van der Waals surface area contributed by atoms with Crippen LogP contribution in [0.3, 0.4) is 0 Å². The molecule has 6 heteroatoms. The molecule has 1 fully saturated rings. The molecule has 0 aromatic carbocycles. The van der Waals surface area contributed by atoms with E-state index in [4.69, 9.17) is 0 Å². The summed E-state index contributed by atoms with van der Waals surface area (Å²) in [6.45, 7) is 4.19. The van der Waals surface area contributed by atoms with E-state index in [2.05, 4.69) is 10.3 Å². The number of urea groups is 1. The first-order valence-corrected chi connectivity index (χ1v) is 7.21. The fourth-order valence-electron chi connectivity index (χ4n) is 2.77. The number of nitrogens with zero attached hydrogens (tertiary/aromatic N) is 2. The van der Waals surface area contributed by atoms with Crippen molar-refractivity contribution in [1.82, 2.24) is 15.2 Å². The zero-order chi connectivity index (χ0) is 15.4. The number of hydrogen-bond acceptors (Lipinski definition) is 3. The molecule has 2 amide bonds. The van der Waals surface area contributed by atoms with Crippen LogP contribution in [0, 0.1) is 5.92 Å². The van der Waals surface area contributed by atoms with Gasteiger partial charge in [0.15, 0.2) is 0 Å². The summed E-state index contributed by atoms with van der Waals surface area (Å²) in [7, 11) is 0. The van der Waals surface area contributed by atoms with Crippen molar-refractivity contribution in [3.8, 4) is 0 Å². The first-order chi connectivity index (χ1) is 10.0. The average molecular weight is 291 g/mol. The number of aliphatic carboxylic acids is 1. The SMILES string of the molecule is CC(NC(=O)N1CCCC(C)C1C(=O)O)c1ccccn1. The first-order valence-electron chi connectivity index (χ1n) is 7.21. The van der Waals surface area contributed by atoms with Crippen LogP contribution in [-0.2, 0) is 4.79 Å². The van der Waals surface area contributed by atoms with Crippen LogP contribution in [0.2, 0.25) is 0 Å². The van der Waals surface area contributed by atoms with Crippen LogP contribution in [0.1, 0.15) is 38.4 Å². The van der Waals surface area contributed by atoms with Crippen molar-refractivity contribution in [2.75, 3.05) is 6.54 Å². The highest BCUT2D eigenvalue weighted by Crippen LogP contribution is 2.24. The molecular formula is C15H21N3O3. The Morgan fingerprint density at radius 3 is 2.86 bits per heavy atom. The van der Waals surface area contributed by atoms with E-state index in [9.17, 15) is 14.7 Å². The van der Waals surface area contributed by atoms with Crippen molar-refractivity contribution in [1.29, 1.82) is 0 Å². The van der Waals surface area contributed by atoms with Crippen LogP contribution < -0.4 is 5.32 Å². The van der Waals surface area contributed by atoms with Crippen LogP contribution in [0.25, 0.3) is 0 Å². The van der Waals surface area contributed by atoms with Crippen LogP contribution in [-0.4, -0.2) is 39.6 Å². The Morgan fingerprint density at radius 2 is 2.24 bits per heavy atom. The van der Waals surface area contributed by atoms with Crippen molar-refractivity contribution in [3.63, 3.8) is 0 Å². The highest BCUT2D eigenvalue weighted by Gasteiger charge is 2.37. The lowest BCUT2D eigenvalue weighted by Crippen LogP contribution is -2.55. The second-order valence-corrected chi connectivity index (χ2v) is 5.52. The maximum Gasteiger partial charge on any atom is 0.326 e. The number of likely N-dealkylation sites (tertiary alicyclic amines) is 1. The Balaban J connectivity index is 2.06. The zero-order valence-corrected chi connectivity index (χ0v) is 12.3. The van der Waals surface area contributed by atoms with Crippen LogP contribution in [0.4, 0.5) is 4.79 Å². The molecule has 1 aliphatic rings. The summed E-state index contributed by atoms with van der Waals surface area (Å²) in [5.41, 5.74) is 0.753. The molecule has 3 atom stereocenters. The lowest BCUT2D eigenvalue weighted by molar-refractivity contribution is -0.145. The number of aromatic nitrogens is 1.